The topological polar surface area (TPSA) is 86.2 Å². The molecular weight excluding hydrogens is 208 g/mol. The number of carbonyl (C=O) groups excluding carboxylic acids is 2. The van der Waals surface area contributed by atoms with Crippen LogP contribution in [0.5, 0.6) is 0 Å². The molecule has 0 bridgehead atoms. The molecule has 0 aromatic carbocycles. The summed E-state index contributed by atoms with van der Waals surface area (Å²) < 4.78 is 0. The molecule has 0 aliphatic carbocycles. The summed E-state index contributed by atoms with van der Waals surface area (Å²) in [7, 11) is 2.93. The van der Waals surface area contributed by atoms with Crippen molar-refractivity contribution in [2.45, 2.75) is 19.0 Å². The molecule has 0 aromatic heterocycles. The van der Waals surface area contributed by atoms with Gasteiger partial charge in [0, 0.05) is 11.5 Å². The summed E-state index contributed by atoms with van der Waals surface area (Å²) in [6.07, 6.45) is 0.707. The number of Topliss-reactive ketones (excluding diaryl/α,β-unsaturated/α-hetero) is 1. The maximum absolute atomic E-state index is 10.7. The molecule has 0 amide bonds. The number of hydrogen-bond donors (Lipinski definition) is 2. The third-order valence-corrected chi connectivity index (χ3v) is 3.79. The summed E-state index contributed by atoms with van der Waals surface area (Å²) in [4.78, 5) is 20.8. The van der Waals surface area contributed by atoms with E-state index in [1.165, 1.54) is 28.5 Å². The Morgan fingerprint density at radius 1 is 1.38 bits per heavy atom. The van der Waals surface area contributed by atoms with E-state index in [0.29, 0.717) is 17.8 Å². The summed E-state index contributed by atoms with van der Waals surface area (Å²) >= 11 is 0. The number of ketones is 1. The van der Waals surface area contributed by atoms with Gasteiger partial charge in [-0.1, -0.05) is 21.6 Å². The number of nitrogens with two attached hydrogens (primary N) is 2. The Labute approximate surface area is 85.6 Å². The van der Waals surface area contributed by atoms with Crippen molar-refractivity contribution in [3.63, 3.8) is 0 Å². The summed E-state index contributed by atoms with van der Waals surface area (Å²) in [5.41, 5.74) is 10.8. The molecule has 2 atom stereocenters. The lowest BCUT2D eigenvalue weighted by atomic mass is 10.3. The molecule has 4 N–H and O–H groups in total. The van der Waals surface area contributed by atoms with E-state index in [4.69, 9.17) is 11.5 Å². The van der Waals surface area contributed by atoms with Gasteiger partial charge < -0.3 is 16.3 Å². The molecular formula is C7H14N2O2S2. The second-order valence-corrected chi connectivity index (χ2v) is 5.14. The van der Waals surface area contributed by atoms with Crippen LogP contribution in [0.25, 0.3) is 0 Å². The van der Waals surface area contributed by atoms with Crippen LogP contribution >= 0.6 is 21.6 Å². The number of hydrogen-bond acceptors (Lipinski definition) is 6. The van der Waals surface area contributed by atoms with Crippen molar-refractivity contribution in [1.29, 1.82) is 0 Å². The summed E-state index contributed by atoms with van der Waals surface area (Å²) in [6, 6.07) is -0.837. The van der Waals surface area contributed by atoms with Crippen LogP contribution in [0.2, 0.25) is 0 Å². The molecule has 0 fully saturated rings. The Hall–Kier alpha value is -0.0400. The summed E-state index contributed by atoms with van der Waals surface area (Å²) in [5, 5.41) is 0. The van der Waals surface area contributed by atoms with Gasteiger partial charge in [0.05, 0.1) is 12.1 Å². The largest absolute Gasteiger partial charge is 0.321 e. The third-order valence-electron chi connectivity index (χ3n) is 1.29. The number of carbonyl (C=O) groups is 2. The van der Waals surface area contributed by atoms with Crippen molar-refractivity contribution in [1.82, 2.24) is 0 Å². The first-order chi connectivity index (χ1) is 6.07. The third kappa shape index (κ3) is 7.06. The molecule has 13 heavy (non-hydrogen) atoms. The molecule has 6 heteroatoms. The Kier molecular flexibility index (Phi) is 7.35. The zero-order valence-corrected chi connectivity index (χ0v) is 9.07. The standard InChI is InChI=1S/C7H14N2O2S2/c1-5(11)7(9)4-13-12-3-6(8)2-10/h2,6-7H,3-4,8-9H2,1H3/t6-,7+/m1/s1. The van der Waals surface area contributed by atoms with Gasteiger partial charge in [-0.3, -0.25) is 4.79 Å². The molecule has 0 unspecified atom stereocenters. The fraction of sp³-hybridized carbons (Fsp3) is 0.714. The van der Waals surface area contributed by atoms with Gasteiger partial charge in [-0.05, 0) is 6.92 Å². The fourth-order valence-electron chi connectivity index (χ4n) is 0.405. The van der Waals surface area contributed by atoms with E-state index in [-0.39, 0.29) is 5.78 Å². The number of rotatable bonds is 7. The fourth-order valence-corrected chi connectivity index (χ4v) is 2.70. The van der Waals surface area contributed by atoms with E-state index in [2.05, 4.69) is 0 Å². The first-order valence-electron chi connectivity index (χ1n) is 3.79. The molecule has 0 spiro atoms. The van der Waals surface area contributed by atoms with Crippen LogP contribution in [0.1, 0.15) is 6.92 Å². The molecule has 0 aliphatic heterocycles. The quantitative estimate of drug-likeness (QED) is 0.353. The van der Waals surface area contributed by atoms with Crippen LogP contribution in [0.15, 0.2) is 0 Å². The minimum atomic E-state index is -0.425. The lowest BCUT2D eigenvalue weighted by Crippen LogP contribution is -2.30. The van der Waals surface area contributed by atoms with E-state index in [9.17, 15) is 9.59 Å². The summed E-state index contributed by atoms with van der Waals surface area (Å²) in [6.45, 7) is 1.47. The molecule has 0 aliphatic rings. The molecule has 0 saturated heterocycles. The molecule has 0 radical (unpaired) electrons. The Bertz CT molecular complexity index is 178. The Balaban J connectivity index is 3.35. The highest BCUT2D eigenvalue weighted by Gasteiger charge is 2.08. The predicted octanol–water partition coefficient (Wildman–Crippen LogP) is -0.190. The Morgan fingerprint density at radius 3 is 2.38 bits per heavy atom. The van der Waals surface area contributed by atoms with Crippen LogP contribution in [0.3, 0.4) is 0 Å². The van der Waals surface area contributed by atoms with E-state index in [0.717, 1.165) is 0 Å². The lowest BCUT2D eigenvalue weighted by Gasteiger charge is -2.06. The lowest BCUT2D eigenvalue weighted by molar-refractivity contribution is -0.117. The molecule has 0 heterocycles. The van der Waals surface area contributed by atoms with Crippen LogP contribution in [-0.2, 0) is 9.59 Å². The highest BCUT2D eigenvalue weighted by Crippen LogP contribution is 2.21. The van der Waals surface area contributed by atoms with Gasteiger partial charge in [-0.2, -0.15) is 0 Å². The minimum absolute atomic E-state index is 0.0206. The van der Waals surface area contributed by atoms with Crippen LogP contribution in [-0.4, -0.2) is 35.7 Å². The monoisotopic (exact) mass is 222 g/mol. The van der Waals surface area contributed by atoms with Gasteiger partial charge in [0.2, 0.25) is 0 Å². The second kappa shape index (κ2) is 7.37. The highest BCUT2D eigenvalue weighted by molar-refractivity contribution is 8.76. The van der Waals surface area contributed by atoms with Crippen molar-refractivity contribution in [3.05, 3.63) is 0 Å². The molecule has 0 saturated carbocycles. The van der Waals surface area contributed by atoms with Gasteiger partial charge in [0.1, 0.15) is 12.1 Å². The van der Waals surface area contributed by atoms with Crippen LogP contribution in [0, 0.1) is 0 Å². The average Bonchev–Trinajstić information content (AvgIpc) is 2.11. The normalized spacial score (nSPS) is 15.0. The second-order valence-electron chi connectivity index (χ2n) is 2.59. The smallest absolute Gasteiger partial charge is 0.147 e. The molecule has 0 aromatic rings. The van der Waals surface area contributed by atoms with Crippen molar-refractivity contribution in [3.8, 4) is 0 Å². The van der Waals surface area contributed by atoms with Crippen molar-refractivity contribution in [2.75, 3.05) is 11.5 Å². The molecule has 0 rings (SSSR count). The van der Waals surface area contributed by atoms with E-state index in [1.54, 1.807) is 0 Å². The van der Waals surface area contributed by atoms with E-state index in [1.807, 2.05) is 0 Å². The predicted molar refractivity (Wildman–Crippen MR) is 57.6 cm³/mol. The SMILES string of the molecule is CC(=O)[C@@H](N)CSSC[C@H](N)C=O. The Morgan fingerprint density at radius 2 is 1.92 bits per heavy atom. The van der Waals surface area contributed by atoms with Crippen molar-refractivity contribution >= 4 is 33.7 Å². The molecule has 4 nitrogen and oxygen atoms in total. The minimum Gasteiger partial charge on any atom is -0.321 e. The average molecular weight is 222 g/mol. The van der Waals surface area contributed by atoms with Crippen molar-refractivity contribution < 1.29 is 9.59 Å². The van der Waals surface area contributed by atoms with Gasteiger partial charge in [-0.25, -0.2) is 0 Å². The maximum Gasteiger partial charge on any atom is 0.147 e. The van der Waals surface area contributed by atoms with Crippen LogP contribution in [0.4, 0.5) is 0 Å². The van der Waals surface area contributed by atoms with E-state index >= 15 is 0 Å². The van der Waals surface area contributed by atoms with Gasteiger partial charge in [0.25, 0.3) is 0 Å². The summed E-state index contributed by atoms with van der Waals surface area (Å²) in [5.74, 6) is 1.09. The van der Waals surface area contributed by atoms with E-state index < -0.39 is 12.1 Å². The highest BCUT2D eigenvalue weighted by atomic mass is 33.1. The first kappa shape index (κ1) is 13.0. The van der Waals surface area contributed by atoms with Gasteiger partial charge >= 0.3 is 0 Å². The molecule has 76 valence electrons. The van der Waals surface area contributed by atoms with Gasteiger partial charge in [-0.15, -0.1) is 0 Å². The zero-order valence-electron chi connectivity index (χ0n) is 7.43. The van der Waals surface area contributed by atoms with Gasteiger partial charge in [0.15, 0.2) is 0 Å². The van der Waals surface area contributed by atoms with Crippen molar-refractivity contribution in [2.24, 2.45) is 11.5 Å². The first-order valence-corrected chi connectivity index (χ1v) is 6.28. The number of aldehydes is 1. The maximum atomic E-state index is 10.7. The zero-order chi connectivity index (χ0) is 10.3. The van der Waals surface area contributed by atoms with Crippen LogP contribution < -0.4 is 11.5 Å².